The zero-order chi connectivity index (χ0) is 8.55. The summed E-state index contributed by atoms with van der Waals surface area (Å²) in [4.78, 5) is 4.25. The van der Waals surface area contributed by atoms with Crippen molar-refractivity contribution in [2.75, 3.05) is 0 Å². The summed E-state index contributed by atoms with van der Waals surface area (Å²) in [5, 5.41) is 1.78. The van der Waals surface area contributed by atoms with E-state index in [2.05, 4.69) is 27.6 Å². The van der Waals surface area contributed by atoms with Crippen molar-refractivity contribution in [2.45, 2.75) is 0 Å². The first kappa shape index (κ1) is 8.26. The highest BCUT2D eigenvalue weighted by atomic mass is 127. The van der Waals surface area contributed by atoms with Crippen LogP contribution in [0.1, 0.15) is 0 Å². The molecule has 0 radical (unpaired) electrons. The summed E-state index contributed by atoms with van der Waals surface area (Å²) in [6, 6.07) is 7.74. The Labute approximate surface area is 88.9 Å². The molecule has 0 atom stereocenters. The molecular weight excluding hydrogens is 284 g/mol. The Balaban J connectivity index is 2.95. The number of rotatable bonds is 0. The maximum Gasteiger partial charge on any atom is 0.0850 e. The minimum absolute atomic E-state index is 0.763. The van der Waals surface area contributed by atoms with Crippen LogP contribution in [0, 0.1) is 3.57 Å². The van der Waals surface area contributed by atoms with Crippen LogP contribution in [0.4, 0.5) is 0 Å². The van der Waals surface area contributed by atoms with Crippen molar-refractivity contribution in [2.24, 2.45) is 0 Å². The summed E-state index contributed by atoms with van der Waals surface area (Å²) in [5.41, 5.74) is 0.977. The van der Waals surface area contributed by atoms with Gasteiger partial charge in [0.15, 0.2) is 0 Å². The summed E-state index contributed by atoms with van der Waals surface area (Å²) in [5.74, 6) is 0. The third kappa shape index (κ3) is 1.29. The predicted octanol–water partition coefficient (Wildman–Crippen LogP) is 3.49. The van der Waals surface area contributed by atoms with E-state index in [4.69, 9.17) is 11.6 Å². The molecule has 60 valence electrons. The molecule has 1 aromatic carbocycles. The second kappa shape index (κ2) is 3.18. The highest BCUT2D eigenvalue weighted by molar-refractivity contribution is 14.1. The van der Waals surface area contributed by atoms with Crippen molar-refractivity contribution in [3.63, 3.8) is 0 Å². The quantitative estimate of drug-likeness (QED) is 0.677. The van der Waals surface area contributed by atoms with Gasteiger partial charge < -0.3 is 0 Å². The van der Waals surface area contributed by atoms with Crippen LogP contribution in [0.5, 0.6) is 0 Å². The van der Waals surface area contributed by atoms with Gasteiger partial charge in [-0.3, -0.25) is 4.98 Å². The van der Waals surface area contributed by atoms with E-state index in [9.17, 15) is 0 Å². The first-order valence-electron chi connectivity index (χ1n) is 3.48. The number of pyridine rings is 1. The third-order valence-electron chi connectivity index (χ3n) is 1.67. The standard InChI is InChI=1S/C9H5ClIN/c10-7-3-4-8(11)9-6(7)2-1-5-12-9/h1-5H. The second-order valence-corrected chi connectivity index (χ2v) is 4.00. The molecule has 0 aliphatic carbocycles. The lowest BCUT2D eigenvalue weighted by atomic mass is 10.2. The molecule has 2 aromatic rings. The molecule has 1 aromatic heterocycles. The molecule has 12 heavy (non-hydrogen) atoms. The van der Waals surface area contributed by atoms with Gasteiger partial charge in [-0.2, -0.15) is 0 Å². The zero-order valence-corrected chi connectivity index (χ0v) is 9.00. The van der Waals surface area contributed by atoms with E-state index >= 15 is 0 Å². The van der Waals surface area contributed by atoms with Crippen LogP contribution >= 0.6 is 34.2 Å². The van der Waals surface area contributed by atoms with E-state index < -0.39 is 0 Å². The highest BCUT2D eigenvalue weighted by Crippen LogP contribution is 2.25. The molecule has 0 N–H and O–H groups in total. The van der Waals surface area contributed by atoms with Crippen LogP contribution in [-0.2, 0) is 0 Å². The largest absolute Gasteiger partial charge is 0.255 e. The molecule has 1 nitrogen and oxygen atoms in total. The molecule has 0 amide bonds. The summed E-state index contributed by atoms with van der Waals surface area (Å²) in [6.45, 7) is 0. The molecular formula is C9H5ClIN. The highest BCUT2D eigenvalue weighted by Gasteiger charge is 2.01. The SMILES string of the molecule is Clc1ccc(I)c2ncccc12. The van der Waals surface area contributed by atoms with Crippen LogP contribution in [0.2, 0.25) is 5.02 Å². The van der Waals surface area contributed by atoms with Gasteiger partial charge in [0, 0.05) is 15.2 Å². The Morgan fingerprint density at radius 1 is 1.25 bits per heavy atom. The molecule has 3 heteroatoms. The number of aromatic nitrogens is 1. The number of halogens is 2. The van der Waals surface area contributed by atoms with Crippen molar-refractivity contribution < 1.29 is 0 Å². The lowest BCUT2D eigenvalue weighted by Gasteiger charge is -2.00. The number of benzene rings is 1. The van der Waals surface area contributed by atoms with Gasteiger partial charge in [-0.05, 0) is 46.9 Å². The Kier molecular flexibility index (Phi) is 2.19. The van der Waals surface area contributed by atoms with Gasteiger partial charge in [0.2, 0.25) is 0 Å². The average molecular weight is 290 g/mol. The lowest BCUT2D eigenvalue weighted by Crippen LogP contribution is -1.81. The van der Waals surface area contributed by atoms with E-state index in [1.54, 1.807) is 6.20 Å². The Morgan fingerprint density at radius 3 is 2.83 bits per heavy atom. The molecule has 0 saturated heterocycles. The summed E-state index contributed by atoms with van der Waals surface area (Å²) in [6.07, 6.45) is 1.78. The maximum absolute atomic E-state index is 5.99. The Morgan fingerprint density at radius 2 is 2.08 bits per heavy atom. The number of hydrogen-bond acceptors (Lipinski definition) is 1. The monoisotopic (exact) mass is 289 g/mol. The van der Waals surface area contributed by atoms with Crippen molar-refractivity contribution in [3.05, 3.63) is 39.1 Å². The Bertz CT molecular complexity index is 387. The zero-order valence-electron chi connectivity index (χ0n) is 6.09. The fourth-order valence-electron chi connectivity index (χ4n) is 1.10. The number of fused-ring (bicyclic) bond motifs is 1. The van der Waals surface area contributed by atoms with E-state index in [1.807, 2.05) is 24.3 Å². The minimum atomic E-state index is 0.763. The average Bonchev–Trinajstić information content (AvgIpc) is 2.12. The van der Waals surface area contributed by atoms with E-state index in [0.29, 0.717) is 0 Å². The van der Waals surface area contributed by atoms with Gasteiger partial charge in [-0.25, -0.2) is 0 Å². The van der Waals surface area contributed by atoms with Crippen LogP contribution in [0.25, 0.3) is 10.9 Å². The molecule has 0 unspecified atom stereocenters. The number of hydrogen-bond donors (Lipinski definition) is 0. The van der Waals surface area contributed by atoms with E-state index in [1.165, 1.54) is 0 Å². The summed E-state index contributed by atoms with van der Waals surface area (Å²) < 4.78 is 1.13. The molecule has 2 rings (SSSR count). The van der Waals surface area contributed by atoms with Crippen molar-refractivity contribution >= 4 is 45.1 Å². The predicted molar refractivity (Wildman–Crippen MR) is 59.5 cm³/mol. The van der Waals surface area contributed by atoms with E-state index in [-0.39, 0.29) is 0 Å². The van der Waals surface area contributed by atoms with E-state index in [0.717, 1.165) is 19.5 Å². The van der Waals surface area contributed by atoms with Gasteiger partial charge in [0.1, 0.15) is 0 Å². The normalized spacial score (nSPS) is 10.5. The van der Waals surface area contributed by atoms with Crippen LogP contribution in [0.3, 0.4) is 0 Å². The van der Waals surface area contributed by atoms with Gasteiger partial charge in [-0.1, -0.05) is 11.6 Å². The molecule has 0 bridgehead atoms. The number of nitrogens with zero attached hydrogens (tertiary/aromatic N) is 1. The lowest BCUT2D eigenvalue weighted by molar-refractivity contribution is 1.40. The first-order valence-corrected chi connectivity index (χ1v) is 4.93. The molecule has 0 spiro atoms. The van der Waals surface area contributed by atoms with Gasteiger partial charge in [0.05, 0.1) is 10.5 Å². The van der Waals surface area contributed by atoms with Crippen LogP contribution < -0.4 is 0 Å². The van der Waals surface area contributed by atoms with Crippen molar-refractivity contribution in [1.82, 2.24) is 4.98 Å². The first-order chi connectivity index (χ1) is 5.79. The van der Waals surface area contributed by atoms with Gasteiger partial charge >= 0.3 is 0 Å². The smallest absolute Gasteiger partial charge is 0.0850 e. The van der Waals surface area contributed by atoms with Crippen molar-refractivity contribution in [3.8, 4) is 0 Å². The summed E-state index contributed by atoms with van der Waals surface area (Å²) >= 11 is 8.24. The Hall–Kier alpha value is -0.350. The minimum Gasteiger partial charge on any atom is -0.255 e. The molecule has 0 saturated carbocycles. The molecule has 0 fully saturated rings. The molecule has 0 aliphatic rings. The fraction of sp³-hybridized carbons (Fsp3) is 0. The maximum atomic E-state index is 5.99. The molecule has 1 heterocycles. The second-order valence-electron chi connectivity index (χ2n) is 2.43. The van der Waals surface area contributed by atoms with Crippen LogP contribution in [0.15, 0.2) is 30.5 Å². The van der Waals surface area contributed by atoms with Crippen LogP contribution in [-0.4, -0.2) is 4.98 Å². The third-order valence-corrected chi connectivity index (χ3v) is 2.87. The van der Waals surface area contributed by atoms with Gasteiger partial charge in [0.25, 0.3) is 0 Å². The summed E-state index contributed by atoms with van der Waals surface area (Å²) in [7, 11) is 0. The topological polar surface area (TPSA) is 12.9 Å². The fourth-order valence-corrected chi connectivity index (χ4v) is 1.93. The molecule has 0 aliphatic heterocycles. The van der Waals surface area contributed by atoms with Gasteiger partial charge in [-0.15, -0.1) is 0 Å². The van der Waals surface area contributed by atoms with Crippen molar-refractivity contribution in [1.29, 1.82) is 0 Å².